The molecule has 1 aliphatic heterocycles. The van der Waals surface area contributed by atoms with Crippen LogP contribution in [0.2, 0.25) is 0 Å². The van der Waals surface area contributed by atoms with Crippen molar-refractivity contribution in [2.45, 2.75) is 19.4 Å². The maximum absolute atomic E-state index is 10.5. The van der Waals surface area contributed by atoms with E-state index in [1.165, 1.54) is 12.3 Å². The van der Waals surface area contributed by atoms with Gasteiger partial charge in [-0.15, -0.1) is 0 Å². The average Bonchev–Trinajstić information content (AvgIpc) is 2.33. The van der Waals surface area contributed by atoms with Crippen LogP contribution in [-0.2, 0) is 0 Å². The minimum absolute atomic E-state index is 0.153. The third kappa shape index (κ3) is 2.52. The lowest BCUT2D eigenvalue weighted by Crippen LogP contribution is -2.42. The van der Waals surface area contributed by atoms with Gasteiger partial charge in [0, 0.05) is 19.2 Å². The smallest absolute Gasteiger partial charge is 0.363 e. The topological polar surface area (TPSA) is 79.5 Å². The molecule has 17 heavy (non-hydrogen) atoms. The Morgan fingerprint density at radius 1 is 1.59 bits per heavy atom. The first-order valence-electron chi connectivity index (χ1n) is 5.61. The molecule has 2 rings (SSSR count). The Bertz CT molecular complexity index is 407. The summed E-state index contributed by atoms with van der Waals surface area (Å²) in [4.78, 5) is 15.7. The predicted octanol–water partition coefficient (Wildman–Crippen LogP) is 1.20. The Morgan fingerprint density at radius 2 is 2.35 bits per heavy atom. The van der Waals surface area contributed by atoms with Crippen LogP contribution < -0.4 is 4.90 Å². The molecule has 1 saturated heterocycles. The molecule has 0 radical (unpaired) electrons. The predicted molar refractivity (Wildman–Crippen MR) is 62.9 cm³/mol. The van der Waals surface area contributed by atoms with Gasteiger partial charge >= 0.3 is 5.82 Å². The van der Waals surface area contributed by atoms with Gasteiger partial charge in [0.15, 0.2) is 6.20 Å². The van der Waals surface area contributed by atoms with Gasteiger partial charge in [-0.05, 0) is 28.3 Å². The lowest BCUT2D eigenvalue weighted by atomic mass is 9.96. The minimum Gasteiger partial charge on any atom is -0.391 e. The Kier molecular flexibility index (Phi) is 3.23. The standard InChI is InChI=1S/C11H15N3O3/c1-8-4-5-13(7-10(8)15)9-2-3-11(12-6-9)14(16)17/h2-3,6,8,10,15H,4-5,7H2,1H3. The van der Waals surface area contributed by atoms with E-state index in [-0.39, 0.29) is 11.9 Å². The van der Waals surface area contributed by atoms with Crippen molar-refractivity contribution in [1.29, 1.82) is 0 Å². The van der Waals surface area contributed by atoms with Gasteiger partial charge in [-0.2, -0.15) is 0 Å². The number of piperidine rings is 1. The summed E-state index contributed by atoms with van der Waals surface area (Å²) in [7, 11) is 0. The summed E-state index contributed by atoms with van der Waals surface area (Å²) in [5.41, 5.74) is 0.821. The highest BCUT2D eigenvalue weighted by Crippen LogP contribution is 2.23. The van der Waals surface area contributed by atoms with Crippen molar-refractivity contribution in [3.63, 3.8) is 0 Å². The van der Waals surface area contributed by atoms with Crippen LogP contribution in [0.5, 0.6) is 0 Å². The van der Waals surface area contributed by atoms with Crippen LogP contribution in [0.3, 0.4) is 0 Å². The zero-order chi connectivity index (χ0) is 12.4. The SMILES string of the molecule is CC1CCN(c2ccc([N+](=O)[O-])nc2)CC1O. The molecule has 6 heteroatoms. The number of hydrogen-bond acceptors (Lipinski definition) is 5. The molecule has 0 aliphatic carbocycles. The lowest BCUT2D eigenvalue weighted by molar-refractivity contribution is -0.389. The van der Waals surface area contributed by atoms with Crippen molar-refractivity contribution in [3.8, 4) is 0 Å². The summed E-state index contributed by atoms with van der Waals surface area (Å²) in [6.45, 7) is 3.43. The molecule has 0 amide bonds. The first-order valence-corrected chi connectivity index (χ1v) is 5.61. The van der Waals surface area contributed by atoms with Crippen LogP contribution in [0.15, 0.2) is 18.3 Å². The number of aliphatic hydroxyl groups excluding tert-OH is 1. The summed E-state index contributed by atoms with van der Waals surface area (Å²) in [6, 6.07) is 3.06. The molecule has 0 aromatic carbocycles. The molecule has 0 spiro atoms. The second-order valence-electron chi connectivity index (χ2n) is 4.41. The highest BCUT2D eigenvalue weighted by atomic mass is 16.6. The molecule has 1 fully saturated rings. The molecule has 1 N–H and O–H groups in total. The summed E-state index contributed by atoms with van der Waals surface area (Å²) >= 11 is 0. The van der Waals surface area contributed by atoms with E-state index in [0.29, 0.717) is 12.5 Å². The molecule has 0 bridgehead atoms. The molecule has 1 aromatic rings. The fourth-order valence-corrected chi connectivity index (χ4v) is 1.96. The summed E-state index contributed by atoms with van der Waals surface area (Å²) in [6.07, 6.45) is 2.05. The van der Waals surface area contributed by atoms with E-state index in [9.17, 15) is 15.2 Å². The van der Waals surface area contributed by atoms with Crippen LogP contribution in [0.25, 0.3) is 0 Å². The third-order valence-corrected chi connectivity index (χ3v) is 3.20. The number of pyridine rings is 1. The molecular weight excluding hydrogens is 222 g/mol. The minimum atomic E-state index is -0.517. The van der Waals surface area contributed by atoms with E-state index in [4.69, 9.17) is 0 Å². The van der Waals surface area contributed by atoms with Crippen molar-refractivity contribution >= 4 is 11.5 Å². The average molecular weight is 237 g/mol. The van der Waals surface area contributed by atoms with Crippen LogP contribution >= 0.6 is 0 Å². The van der Waals surface area contributed by atoms with Gasteiger partial charge < -0.3 is 20.1 Å². The number of hydrogen-bond donors (Lipinski definition) is 1. The molecule has 1 aromatic heterocycles. The second kappa shape index (κ2) is 4.67. The molecule has 92 valence electrons. The maximum Gasteiger partial charge on any atom is 0.363 e. The monoisotopic (exact) mass is 237 g/mol. The van der Waals surface area contributed by atoms with Crippen molar-refractivity contribution in [3.05, 3.63) is 28.4 Å². The van der Waals surface area contributed by atoms with Crippen LogP contribution in [0.1, 0.15) is 13.3 Å². The number of rotatable bonds is 2. The zero-order valence-electron chi connectivity index (χ0n) is 9.61. The number of β-amino-alcohol motifs (C(OH)–C–C–N with tert-alkyl or cyclic N) is 1. The number of aromatic nitrogens is 1. The van der Waals surface area contributed by atoms with Crippen LogP contribution in [0.4, 0.5) is 11.5 Å². The Balaban J connectivity index is 2.10. The fourth-order valence-electron chi connectivity index (χ4n) is 1.96. The van der Waals surface area contributed by atoms with E-state index >= 15 is 0 Å². The Labute approximate surface area is 99.0 Å². The zero-order valence-corrected chi connectivity index (χ0v) is 9.61. The van der Waals surface area contributed by atoms with Gasteiger partial charge in [0.1, 0.15) is 0 Å². The Hall–Kier alpha value is -1.69. The van der Waals surface area contributed by atoms with Gasteiger partial charge in [-0.1, -0.05) is 6.92 Å². The van der Waals surface area contributed by atoms with Crippen LogP contribution in [-0.4, -0.2) is 34.2 Å². The number of nitro groups is 1. The molecule has 6 nitrogen and oxygen atoms in total. The van der Waals surface area contributed by atoms with Crippen molar-refractivity contribution in [2.24, 2.45) is 5.92 Å². The fraction of sp³-hybridized carbons (Fsp3) is 0.545. The quantitative estimate of drug-likeness (QED) is 0.617. The summed E-state index contributed by atoms with van der Waals surface area (Å²) in [5.74, 6) is 0.150. The number of anilines is 1. The number of nitrogens with zero attached hydrogens (tertiary/aromatic N) is 3. The summed E-state index contributed by atoms with van der Waals surface area (Å²) < 4.78 is 0. The van der Waals surface area contributed by atoms with Gasteiger partial charge in [-0.25, -0.2) is 0 Å². The van der Waals surface area contributed by atoms with Gasteiger partial charge in [-0.3, -0.25) is 0 Å². The highest BCUT2D eigenvalue weighted by molar-refractivity contribution is 5.47. The molecule has 2 unspecified atom stereocenters. The van der Waals surface area contributed by atoms with Gasteiger partial charge in [0.2, 0.25) is 0 Å². The normalized spacial score (nSPS) is 24.7. The van der Waals surface area contributed by atoms with E-state index in [0.717, 1.165) is 18.7 Å². The van der Waals surface area contributed by atoms with E-state index in [1.807, 2.05) is 11.8 Å². The number of aliphatic hydroxyl groups is 1. The largest absolute Gasteiger partial charge is 0.391 e. The van der Waals surface area contributed by atoms with Crippen molar-refractivity contribution in [1.82, 2.24) is 4.98 Å². The van der Waals surface area contributed by atoms with E-state index < -0.39 is 4.92 Å². The Morgan fingerprint density at radius 3 is 2.88 bits per heavy atom. The van der Waals surface area contributed by atoms with Crippen molar-refractivity contribution < 1.29 is 10.0 Å². The highest BCUT2D eigenvalue weighted by Gasteiger charge is 2.25. The molecule has 0 saturated carbocycles. The molecule has 2 atom stereocenters. The van der Waals surface area contributed by atoms with Gasteiger partial charge in [0.25, 0.3) is 0 Å². The van der Waals surface area contributed by atoms with Crippen LogP contribution in [0, 0.1) is 16.0 Å². The lowest BCUT2D eigenvalue weighted by Gasteiger charge is -2.35. The third-order valence-electron chi connectivity index (χ3n) is 3.20. The van der Waals surface area contributed by atoms with Crippen molar-refractivity contribution in [2.75, 3.05) is 18.0 Å². The molecule has 2 heterocycles. The first kappa shape index (κ1) is 11.8. The maximum atomic E-state index is 10.5. The van der Waals surface area contributed by atoms with E-state index in [1.54, 1.807) is 6.07 Å². The molecule has 1 aliphatic rings. The van der Waals surface area contributed by atoms with Gasteiger partial charge in [0.05, 0.1) is 11.8 Å². The summed E-state index contributed by atoms with van der Waals surface area (Å²) in [5, 5.41) is 20.3. The molecular formula is C11H15N3O3. The van der Waals surface area contributed by atoms with E-state index in [2.05, 4.69) is 4.98 Å². The first-order chi connectivity index (χ1) is 8.08. The second-order valence-corrected chi connectivity index (χ2v) is 4.41.